The fraction of sp³-hybridized carbons (Fsp3) is 0.444. The van der Waals surface area contributed by atoms with Crippen LogP contribution in [0.5, 0.6) is 0 Å². The zero-order valence-electron chi connectivity index (χ0n) is 8.02. The van der Waals surface area contributed by atoms with Crippen molar-refractivity contribution in [1.29, 1.82) is 0 Å². The molecule has 1 saturated heterocycles. The molecule has 1 aromatic rings. The Kier molecular flexibility index (Phi) is 2.97. The highest BCUT2D eigenvalue weighted by molar-refractivity contribution is 9.10. The smallest absolute Gasteiger partial charge is 0.354 e. The van der Waals surface area contributed by atoms with Crippen LogP contribution in [0.2, 0.25) is 0 Å². The van der Waals surface area contributed by atoms with Crippen molar-refractivity contribution >= 4 is 21.9 Å². The Morgan fingerprint density at radius 3 is 2.73 bits per heavy atom. The number of nitrogens with zero attached hydrogens (tertiary/aromatic N) is 2. The van der Waals surface area contributed by atoms with Crippen molar-refractivity contribution in [2.45, 2.75) is 0 Å². The number of aromatic nitrogens is 1. The highest BCUT2D eigenvalue weighted by Crippen LogP contribution is 2.16. The van der Waals surface area contributed by atoms with Crippen LogP contribution in [0.3, 0.4) is 0 Å². The second-order valence-electron chi connectivity index (χ2n) is 3.26. The highest BCUT2D eigenvalue weighted by Gasteiger charge is 2.18. The summed E-state index contributed by atoms with van der Waals surface area (Å²) in [7, 11) is 0. The Hall–Kier alpha value is -1.01. The zero-order valence-corrected chi connectivity index (χ0v) is 9.61. The molecule has 2 rings (SSSR count). The summed E-state index contributed by atoms with van der Waals surface area (Å²) < 4.78 is 7.65. The lowest BCUT2D eigenvalue weighted by Crippen LogP contribution is -2.44. The molecule has 1 aromatic heterocycles. The maximum Gasteiger partial charge on any atom is 0.354 e. The topological polar surface area (TPSA) is 54.7 Å². The molecule has 1 aliphatic heterocycles. The first-order valence-electron chi connectivity index (χ1n) is 4.62. The number of ether oxygens (including phenoxy) is 1. The van der Waals surface area contributed by atoms with Crippen LogP contribution in [0.1, 0.15) is 10.5 Å². The normalized spacial score (nSPS) is 16.7. The minimum absolute atomic E-state index is 0.267. The van der Waals surface area contributed by atoms with Gasteiger partial charge in [0.25, 0.3) is 0 Å². The number of carbonyl (C=O) groups is 1. The van der Waals surface area contributed by atoms with Crippen LogP contribution in [0, 0.1) is 0 Å². The molecule has 6 heteroatoms. The van der Waals surface area contributed by atoms with Gasteiger partial charge in [0.05, 0.1) is 26.3 Å². The first-order valence-corrected chi connectivity index (χ1v) is 5.42. The molecule has 1 fully saturated rings. The SMILES string of the molecule is O=C(O)c1cc(Br)cn1N1CCOCC1. The quantitative estimate of drug-likeness (QED) is 0.872. The lowest BCUT2D eigenvalue weighted by Gasteiger charge is -2.30. The third kappa shape index (κ3) is 2.15. The van der Waals surface area contributed by atoms with Gasteiger partial charge >= 0.3 is 5.97 Å². The Balaban J connectivity index is 2.28. The summed E-state index contributed by atoms with van der Waals surface area (Å²) in [5.41, 5.74) is 0.267. The molecule has 0 radical (unpaired) electrons. The molecular weight excluding hydrogens is 264 g/mol. The van der Waals surface area contributed by atoms with E-state index in [1.54, 1.807) is 16.9 Å². The first-order chi connectivity index (χ1) is 7.18. The van der Waals surface area contributed by atoms with Crippen LogP contribution in [0.15, 0.2) is 16.7 Å². The average Bonchev–Trinajstić information content (AvgIpc) is 2.62. The average molecular weight is 275 g/mol. The number of morpholine rings is 1. The minimum Gasteiger partial charge on any atom is -0.477 e. The number of aromatic carboxylic acids is 1. The zero-order chi connectivity index (χ0) is 10.8. The number of hydrogen-bond acceptors (Lipinski definition) is 3. The molecule has 1 N–H and O–H groups in total. The van der Waals surface area contributed by atoms with E-state index in [9.17, 15) is 4.79 Å². The number of carboxylic acids is 1. The van der Waals surface area contributed by atoms with Crippen molar-refractivity contribution in [2.75, 3.05) is 31.3 Å². The Labute approximate surface area is 95.3 Å². The van der Waals surface area contributed by atoms with Crippen molar-refractivity contribution < 1.29 is 14.6 Å². The first kappa shape index (κ1) is 10.5. The summed E-state index contributed by atoms with van der Waals surface area (Å²) in [5.74, 6) is -0.924. The van der Waals surface area contributed by atoms with Crippen molar-refractivity contribution in [1.82, 2.24) is 4.68 Å². The lowest BCUT2D eigenvalue weighted by atomic mass is 10.4. The van der Waals surface area contributed by atoms with E-state index in [1.807, 2.05) is 5.01 Å². The summed E-state index contributed by atoms with van der Waals surface area (Å²) in [6.07, 6.45) is 1.76. The van der Waals surface area contributed by atoms with E-state index in [0.29, 0.717) is 26.3 Å². The molecule has 0 saturated carbocycles. The van der Waals surface area contributed by atoms with Crippen LogP contribution >= 0.6 is 15.9 Å². The van der Waals surface area contributed by atoms with E-state index in [1.165, 1.54) is 0 Å². The van der Waals surface area contributed by atoms with Crippen LogP contribution in [0.25, 0.3) is 0 Å². The number of carboxylic acid groups (broad SMARTS) is 1. The summed E-state index contributed by atoms with van der Waals surface area (Å²) in [5, 5.41) is 11.0. The highest BCUT2D eigenvalue weighted by atomic mass is 79.9. The van der Waals surface area contributed by atoms with Gasteiger partial charge in [0.15, 0.2) is 0 Å². The maximum atomic E-state index is 11.0. The maximum absolute atomic E-state index is 11.0. The monoisotopic (exact) mass is 274 g/mol. The van der Waals surface area contributed by atoms with Crippen molar-refractivity contribution in [3.8, 4) is 0 Å². The molecule has 1 aliphatic rings. The minimum atomic E-state index is -0.924. The van der Waals surface area contributed by atoms with Gasteiger partial charge in [0.2, 0.25) is 0 Å². The van der Waals surface area contributed by atoms with Gasteiger partial charge in [-0.25, -0.2) is 4.79 Å². The molecule has 15 heavy (non-hydrogen) atoms. The van der Waals surface area contributed by atoms with Crippen molar-refractivity contribution in [2.24, 2.45) is 0 Å². The number of rotatable bonds is 2. The Morgan fingerprint density at radius 1 is 1.47 bits per heavy atom. The van der Waals surface area contributed by atoms with E-state index in [0.717, 1.165) is 4.47 Å². The summed E-state index contributed by atoms with van der Waals surface area (Å²) >= 11 is 3.28. The molecule has 0 aromatic carbocycles. The molecule has 2 heterocycles. The number of halogens is 1. The van der Waals surface area contributed by atoms with E-state index in [-0.39, 0.29) is 5.69 Å². The van der Waals surface area contributed by atoms with Crippen LogP contribution < -0.4 is 5.01 Å². The fourth-order valence-electron chi connectivity index (χ4n) is 1.58. The molecule has 0 atom stereocenters. The van der Waals surface area contributed by atoms with Gasteiger partial charge in [0.1, 0.15) is 5.69 Å². The van der Waals surface area contributed by atoms with Crippen molar-refractivity contribution in [3.63, 3.8) is 0 Å². The van der Waals surface area contributed by atoms with Gasteiger partial charge in [0, 0.05) is 10.7 Å². The van der Waals surface area contributed by atoms with Crippen LogP contribution in [0.4, 0.5) is 0 Å². The molecular formula is C9H11BrN2O3. The predicted molar refractivity (Wildman–Crippen MR) is 57.9 cm³/mol. The Bertz CT molecular complexity index is 371. The van der Waals surface area contributed by atoms with Gasteiger partial charge < -0.3 is 14.9 Å². The van der Waals surface area contributed by atoms with Crippen LogP contribution in [-0.4, -0.2) is 42.1 Å². The molecule has 0 bridgehead atoms. The van der Waals surface area contributed by atoms with Gasteiger partial charge in [-0.1, -0.05) is 0 Å². The summed E-state index contributed by atoms with van der Waals surface area (Å²) in [6.45, 7) is 2.69. The molecule has 0 unspecified atom stereocenters. The molecule has 82 valence electrons. The molecule has 0 spiro atoms. The van der Waals surface area contributed by atoms with Gasteiger partial charge in [-0.05, 0) is 22.0 Å². The van der Waals surface area contributed by atoms with Gasteiger partial charge in [-0.2, -0.15) is 0 Å². The van der Waals surface area contributed by atoms with E-state index < -0.39 is 5.97 Å². The lowest BCUT2D eigenvalue weighted by molar-refractivity contribution is 0.0677. The standard InChI is InChI=1S/C9H11BrN2O3/c10-7-5-8(9(13)14)12(6-7)11-1-3-15-4-2-11/h5-6H,1-4H2,(H,13,14). The third-order valence-electron chi connectivity index (χ3n) is 2.28. The fourth-order valence-corrected chi connectivity index (χ4v) is 1.99. The van der Waals surface area contributed by atoms with E-state index >= 15 is 0 Å². The third-order valence-corrected chi connectivity index (χ3v) is 2.71. The van der Waals surface area contributed by atoms with Gasteiger partial charge in [-0.3, -0.25) is 4.68 Å². The second-order valence-corrected chi connectivity index (χ2v) is 4.17. The van der Waals surface area contributed by atoms with Crippen LogP contribution in [-0.2, 0) is 4.74 Å². The molecule has 0 amide bonds. The number of hydrogen-bond donors (Lipinski definition) is 1. The summed E-state index contributed by atoms with van der Waals surface area (Å²) in [6, 6.07) is 1.60. The summed E-state index contributed by atoms with van der Waals surface area (Å²) in [4.78, 5) is 11.0. The second kappa shape index (κ2) is 4.24. The largest absolute Gasteiger partial charge is 0.477 e. The van der Waals surface area contributed by atoms with E-state index in [2.05, 4.69) is 15.9 Å². The van der Waals surface area contributed by atoms with E-state index in [4.69, 9.17) is 9.84 Å². The predicted octanol–water partition coefficient (Wildman–Crippen LogP) is 0.917. The van der Waals surface area contributed by atoms with Crippen molar-refractivity contribution in [3.05, 3.63) is 22.4 Å². The molecule has 0 aliphatic carbocycles. The Morgan fingerprint density at radius 2 is 2.13 bits per heavy atom. The molecule has 5 nitrogen and oxygen atoms in total. The van der Waals surface area contributed by atoms with Gasteiger partial charge in [-0.15, -0.1) is 0 Å².